The zero-order valence-corrected chi connectivity index (χ0v) is 26.2. The van der Waals surface area contributed by atoms with Gasteiger partial charge in [0.1, 0.15) is 6.04 Å². The lowest BCUT2D eigenvalue weighted by Gasteiger charge is -2.19. The van der Waals surface area contributed by atoms with Crippen LogP contribution in [0.4, 0.5) is 30.8 Å². The SMILES string of the molecule is COCCNC(=O)C(=O)CC[C@H](NC(=O)c1ccc(Nc2nc(NC3(c4ccc(Cl)cc4)CC3)nc(OCC(F)(F)F)n2)cc1)C(=O)O. The number of aliphatic carboxylic acids is 1. The van der Waals surface area contributed by atoms with Gasteiger partial charge >= 0.3 is 18.2 Å². The van der Waals surface area contributed by atoms with Crippen LogP contribution in [0.5, 0.6) is 6.01 Å². The van der Waals surface area contributed by atoms with E-state index in [1.165, 1.54) is 31.4 Å². The second kappa shape index (κ2) is 15.7. The summed E-state index contributed by atoms with van der Waals surface area (Å²) in [6.45, 7) is -1.33. The number of carbonyl (C=O) groups excluding carboxylic acids is 3. The monoisotopic (exact) mass is 693 g/mol. The highest BCUT2D eigenvalue weighted by Crippen LogP contribution is 2.48. The predicted molar refractivity (Wildman–Crippen MR) is 165 cm³/mol. The van der Waals surface area contributed by atoms with Crippen molar-refractivity contribution in [1.29, 1.82) is 0 Å². The summed E-state index contributed by atoms with van der Waals surface area (Å²) in [5.41, 5.74) is 0.705. The number of rotatable bonds is 17. The average Bonchev–Trinajstić information content (AvgIpc) is 3.82. The standard InChI is InChI=1S/C30H31ClF3N7O7/c1-47-15-14-35-24(44)22(42)11-10-21(25(45)46)37-23(43)17-2-8-20(9-3-17)36-26-38-27(40-28(39-26)48-16-30(32,33)34)41-29(12-13-29)18-4-6-19(31)7-5-18/h2-9,21H,10-16H2,1H3,(H,35,44)(H,37,43)(H,45,46)(H2,36,38,39,40,41)/t21-/m0/s1. The van der Waals surface area contributed by atoms with Gasteiger partial charge in [0.05, 0.1) is 12.1 Å². The zero-order valence-electron chi connectivity index (χ0n) is 25.4. The van der Waals surface area contributed by atoms with Crippen LogP contribution in [0.15, 0.2) is 48.5 Å². The molecule has 0 spiro atoms. The minimum atomic E-state index is -4.64. The Hall–Kier alpha value is -5.03. The summed E-state index contributed by atoms with van der Waals surface area (Å²) in [7, 11) is 1.42. The number of benzene rings is 2. The van der Waals surface area contributed by atoms with E-state index in [-0.39, 0.29) is 37.0 Å². The normalized spacial score (nSPS) is 13.9. The number of carboxylic acid groups (broad SMARTS) is 1. The van der Waals surface area contributed by atoms with Gasteiger partial charge in [-0.3, -0.25) is 14.4 Å². The molecule has 2 aromatic carbocycles. The van der Waals surface area contributed by atoms with Crippen molar-refractivity contribution in [3.63, 3.8) is 0 Å². The van der Waals surface area contributed by atoms with Crippen molar-refractivity contribution in [3.8, 4) is 6.01 Å². The topological polar surface area (TPSA) is 194 Å². The molecule has 1 aliphatic rings. The first-order valence-electron chi connectivity index (χ1n) is 14.5. The molecule has 1 aromatic heterocycles. The molecule has 14 nitrogen and oxygen atoms in total. The molecule has 1 heterocycles. The molecule has 1 atom stereocenters. The van der Waals surface area contributed by atoms with Crippen LogP contribution in [-0.4, -0.2) is 82.7 Å². The summed E-state index contributed by atoms with van der Waals surface area (Å²) in [6, 6.07) is 10.6. The number of nitrogens with zero attached hydrogens (tertiary/aromatic N) is 3. The van der Waals surface area contributed by atoms with Gasteiger partial charge in [0.25, 0.3) is 11.8 Å². The second-order valence-electron chi connectivity index (χ2n) is 10.7. The Bertz CT molecular complexity index is 1620. The average molecular weight is 694 g/mol. The van der Waals surface area contributed by atoms with Gasteiger partial charge in [0.2, 0.25) is 17.7 Å². The van der Waals surface area contributed by atoms with Crippen LogP contribution >= 0.6 is 11.6 Å². The van der Waals surface area contributed by atoms with E-state index in [0.717, 1.165) is 5.56 Å². The van der Waals surface area contributed by atoms with Crippen LogP contribution in [0.3, 0.4) is 0 Å². The third-order valence-electron chi connectivity index (χ3n) is 6.99. The molecule has 3 aromatic rings. The molecular formula is C30H31ClF3N7O7. The molecular weight excluding hydrogens is 663 g/mol. The van der Waals surface area contributed by atoms with Gasteiger partial charge in [0, 0.05) is 36.3 Å². The predicted octanol–water partition coefficient (Wildman–Crippen LogP) is 3.61. The number of ether oxygens (including phenoxy) is 2. The van der Waals surface area contributed by atoms with Crippen LogP contribution in [0.25, 0.3) is 0 Å². The first-order chi connectivity index (χ1) is 22.8. The van der Waals surface area contributed by atoms with E-state index >= 15 is 0 Å². The Labute approximate surface area is 276 Å². The first-order valence-corrected chi connectivity index (χ1v) is 14.9. The summed E-state index contributed by atoms with van der Waals surface area (Å²) in [5.74, 6) is -4.10. The van der Waals surface area contributed by atoms with Crippen molar-refractivity contribution in [2.75, 3.05) is 37.5 Å². The summed E-state index contributed by atoms with van der Waals surface area (Å²) in [4.78, 5) is 60.5. The number of halogens is 4. The molecule has 48 heavy (non-hydrogen) atoms. The van der Waals surface area contributed by atoms with Gasteiger partial charge in [-0.2, -0.15) is 28.1 Å². The van der Waals surface area contributed by atoms with Crippen LogP contribution in [0.1, 0.15) is 41.6 Å². The molecule has 256 valence electrons. The maximum atomic E-state index is 12.9. The number of ketones is 1. The summed E-state index contributed by atoms with van der Waals surface area (Å²) < 4.78 is 48.2. The smallest absolute Gasteiger partial charge is 0.422 e. The lowest BCUT2D eigenvalue weighted by Crippen LogP contribution is -2.42. The number of methoxy groups -OCH3 is 1. The van der Waals surface area contributed by atoms with Gasteiger partial charge in [-0.15, -0.1) is 0 Å². The van der Waals surface area contributed by atoms with E-state index in [4.69, 9.17) is 21.1 Å². The van der Waals surface area contributed by atoms with E-state index in [9.17, 15) is 37.5 Å². The quantitative estimate of drug-likeness (QED) is 0.102. The Morgan fingerprint density at radius 3 is 2.27 bits per heavy atom. The molecule has 0 radical (unpaired) electrons. The van der Waals surface area contributed by atoms with Gasteiger partial charge in [-0.1, -0.05) is 23.7 Å². The molecule has 5 N–H and O–H groups in total. The summed E-state index contributed by atoms with van der Waals surface area (Å²) in [5, 5.41) is 20.7. The van der Waals surface area contributed by atoms with Crippen LogP contribution in [0, 0.1) is 0 Å². The number of amides is 2. The van der Waals surface area contributed by atoms with Gasteiger partial charge in [0.15, 0.2) is 6.61 Å². The Balaban J connectivity index is 1.42. The molecule has 2 amide bonds. The van der Waals surface area contributed by atoms with E-state index in [2.05, 4.69) is 36.2 Å². The van der Waals surface area contributed by atoms with E-state index in [1.807, 2.05) is 12.1 Å². The molecule has 1 fully saturated rings. The molecule has 0 saturated heterocycles. The van der Waals surface area contributed by atoms with Crippen molar-refractivity contribution in [1.82, 2.24) is 25.6 Å². The highest BCUT2D eigenvalue weighted by atomic mass is 35.5. The molecule has 18 heteroatoms. The maximum absolute atomic E-state index is 12.9. The van der Waals surface area contributed by atoms with E-state index in [1.54, 1.807) is 12.1 Å². The van der Waals surface area contributed by atoms with Crippen molar-refractivity contribution in [2.24, 2.45) is 0 Å². The lowest BCUT2D eigenvalue weighted by atomic mass is 10.1. The van der Waals surface area contributed by atoms with Crippen molar-refractivity contribution in [3.05, 3.63) is 64.7 Å². The van der Waals surface area contributed by atoms with Crippen LogP contribution < -0.4 is 26.0 Å². The van der Waals surface area contributed by atoms with Crippen molar-refractivity contribution >= 4 is 52.8 Å². The fraction of sp³-hybridized carbons (Fsp3) is 0.367. The number of carboxylic acids is 1. The molecule has 1 aliphatic carbocycles. The lowest BCUT2D eigenvalue weighted by molar-refractivity contribution is -0.154. The number of Topliss-reactive ketones (excluding diaryl/α,β-unsaturated/α-hetero) is 1. The number of carbonyl (C=O) groups is 4. The Morgan fingerprint density at radius 2 is 1.67 bits per heavy atom. The summed E-state index contributed by atoms with van der Waals surface area (Å²) >= 11 is 6.00. The molecule has 0 aliphatic heterocycles. The second-order valence-corrected chi connectivity index (χ2v) is 11.1. The maximum Gasteiger partial charge on any atom is 0.422 e. The zero-order chi connectivity index (χ0) is 34.9. The molecule has 4 rings (SSSR count). The number of hydrogen-bond acceptors (Lipinski definition) is 11. The molecule has 0 unspecified atom stereocenters. The fourth-order valence-electron chi connectivity index (χ4n) is 4.36. The van der Waals surface area contributed by atoms with Crippen molar-refractivity contribution < 1.29 is 46.9 Å². The third kappa shape index (κ3) is 10.5. The molecule has 0 bridgehead atoms. The summed E-state index contributed by atoms with van der Waals surface area (Å²) in [6.07, 6.45) is -3.98. The molecule has 1 saturated carbocycles. The minimum Gasteiger partial charge on any atom is -0.480 e. The Kier molecular flexibility index (Phi) is 11.7. The highest BCUT2D eigenvalue weighted by molar-refractivity contribution is 6.36. The van der Waals surface area contributed by atoms with Gasteiger partial charge < -0.3 is 35.8 Å². The Morgan fingerprint density at radius 1 is 1.00 bits per heavy atom. The van der Waals surface area contributed by atoms with Crippen LogP contribution in [0.2, 0.25) is 5.02 Å². The fourth-order valence-corrected chi connectivity index (χ4v) is 4.49. The number of anilines is 3. The number of hydrogen-bond donors (Lipinski definition) is 5. The number of nitrogens with one attached hydrogen (secondary N) is 4. The van der Waals surface area contributed by atoms with Crippen LogP contribution in [-0.2, 0) is 24.7 Å². The minimum absolute atomic E-state index is 0.0428. The highest BCUT2D eigenvalue weighted by Gasteiger charge is 2.45. The van der Waals surface area contributed by atoms with Crippen molar-refractivity contribution in [2.45, 2.75) is 43.4 Å². The largest absolute Gasteiger partial charge is 0.480 e. The van der Waals surface area contributed by atoms with E-state index in [0.29, 0.717) is 23.6 Å². The number of alkyl halides is 3. The number of aromatic nitrogens is 3. The van der Waals surface area contributed by atoms with E-state index < -0.39 is 60.4 Å². The first kappa shape index (κ1) is 35.8. The van der Waals surface area contributed by atoms with Gasteiger partial charge in [-0.25, -0.2) is 4.79 Å². The third-order valence-corrected chi connectivity index (χ3v) is 7.24. The van der Waals surface area contributed by atoms with Gasteiger partial charge in [-0.05, 0) is 61.2 Å².